The standard InChI is InChI=1S/C16H13F2N3O4S/c17-11-3-5-15(12(18)10-11)26(22,23)19-7-9-25-16-6-4-13(20-21-16)14-2-1-8-24-14/h1-6,8,10,19H,7,9H2. The van der Waals surface area contributed by atoms with Gasteiger partial charge in [0.2, 0.25) is 15.9 Å². The maximum absolute atomic E-state index is 13.6. The van der Waals surface area contributed by atoms with Gasteiger partial charge in [-0.3, -0.25) is 0 Å². The van der Waals surface area contributed by atoms with Crippen LogP contribution in [0.3, 0.4) is 0 Å². The van der Waals surface area contributed by atoms with Crippen molar-refractivity contribution in [2.24, 2.45) is 0 Å². The van der Waals surface area contributed by atoms with E-state index >= 15 is 0 Å². The van der Waals surface area contributed by atoms with Crippen molar-refractivity contribution in [1.29, 1.82) is 0 Å². The summed E-state index contributed by atoms with van der Waals surface area (Å²) in [5.74, 6) is -1.29. The molecule has 0 bridgehead atoms. The Morgan fingerprint density at radius 2 is 1.96 bits per heavy atom. The van der Waals surface area contributed by atoms with Gasteiger partial charge in [0.25, 0.3) is 0 Å². The molecule has 0 unspecified atom stereocenters. The SMILES string of the molecule is O=S(=O)(NCCOc1ccc(-c2ccco2)nn1)c1ccc(F)cc1F. The van der Waals surface area contributed by atoms with Crippen LogP contribution >= 0.6 is 0 Å². The number of halogens is 2. The second-order valence-electron chi connectivity index (χ2n) is 5.06. The summed E-state index contributed by atoms with van der Waals surface area (Å²) in [5.41, 5.74) is 0.523. The van der Waals surface area contributed by atoms with E-state index in [0.29, 0.717) is 17.5 Å². The molecule has 1 N–H and O–H groups in total. The average Bonchev–Trinajstić information content (AvgIpc) is 3.13. The van der Waals surface area contributed by atoms with Crippen LogP contribution < -0.4 is 9.46 Å². The van der Waals surface area contributed by atoms with Crippen LogP contribution in [-0.2, 0) is 10.0 Å². The fourth-order valence-electron chi connectivity index (χ4n) is 2.06. The summed E-state index contributed by atoms with van der Waals surface area (Å²) in [6, 6.07) is 8.86. The number of hydrogen-bond acceptors (Lipinski definition) is 6. The number of hydrogen-bond donors (Lipinski definition) is 1. The van der Waals surface area contributed by atoms with Crippen molar-refractivity contribution < 1.29 is 26.4 Å². The Morgan fingerprint density at radius 1 is 1.12 bits per heavy atom. The molecule has 0 saturated carbocycles. The monoisotopic (exact) mass is 381 g/mol. The summed E-state index contributed by atoms with van der Waals surface area (Å²) < 4.78 is 63.0. The molecule has 0 aliphatic carbocycles. The van der Waals surface area contributed by atoms with Gasteiger partial charge in [-0.05, 0) is 30.3 Å². The molecule has 0 aliphatic heterocycles. The summed E-state index contributed by atoms with van der Waals surface area (Å²) in [6.45, 7) is -0.197. The van der Waals surface area contributed by atoms with Crippen LogP contribution in [0.25, 0.3) is 11.5 Å². The number of sulfonamides is 1. The van der Waals surface area contributed by atoms with Gasteiger partial charge in [-0.1, -0.05) is 0 Å². The number of ether oxygens (including phenoxy) is 1. The highest BCUT2D eigenvalue weighted by Gasteiger charge is 2.19. The lowest BCUT2D eigenvalue weighted by Gasteiger charge is -2.08. The number of benzene rings is 1. The van der Waals surface area contributed by atoms with Gasteiger partial charge in [-0.25, -0.2) is 21.9 Å². The summed E-state index contributed by atoms with van der Waals surface area (Å²) >= 11 is 0. The molecule has 0 aliphatic rings. The smallest absolute Gasteiger partial charge is 0.243 e. The Kier molecular flexibility index (Phi) is 5.24. The van der Waals surface area contributed by atoms with Crippen molar-refractivity contribution in [3.8, 4) is 17.3 Å². The van der Waals surface area contributed by atoms with Crippen LogP contribution in [0, 0.1) is 11.6 Å². The maximum atomic E-state index is 13.6. The van der Waals surface area contributed by atoms with E-state index in [1.54, 1.807) is 24.3 Å². The average molecular weight is 381 g/mol. The van der Waals surface area contributed by atoms with Crippen LogP contribution in [0.5, 0.6) is 5.88 Å². The number of furan rings is 1. The number of aromatic nitrogens is 2. The van der Waals surface area contributed by atoms with Crippen LogP contribution in [-0.4, -0.2) is 31.8 Å². The molecule has 3 aromatic rings. The molecule has 10 heteroatoms. The topological polar surface area (TPSA) is 94.3 Å². The summed E-state index contributed by atoms with van der Waals surface area (Å²) in [6.07, 6.45) is 1.51. The van der Waals surface area contributed by atoms with Gasteiger partial charge in [0.05, 0.1) is 6.26 Å². The Labute approximate surface area is 147 Å². The molecule has 7 nitrogen and oxygen atoms in total. The zero-order valence-electron chi connectivity index (χ0n) is 13.2. The normalized spacial score (nSPS) is 11.5. The van der Waals surface area contributed by atoms with Crippen molar-refractivity contribution in [2.45, 2.75) is 4.90 Å². The molecule has 0 atom stereocenters. The predicted octanol–water partition coefficient (Wildman–Crippen LogP) is 2.37. The Morgan fingerprint density at radius 3 is 2.62 bits per heavy atom. The molecule has 1 aromatic carbocycles. The van der Waals surface area contributed by atoms with E-state index in [1.807, 2.05) is 0 Å². The molecule has 0 amide bonds. The van der Waals surface area contributed by atoms with Crippen molar-refractivity contribution in [3.05, 3.63) is 60.4 Å². The van der Waals surface area contributed by atoms with Crippen LogP contribution in [0.1, 0.15) is 0 Å². The van der Waals surface area contributed by atoms with E-state index < -0.39 is 26.6 Å². The minimum atomic E-state index is -4.12. The summed E-state index contributed by atoms with van der Waals surface area (Å²) in [4.78, 5) is -0.638. The largest absolute Gasteiger partial charge is 0.475 e. The van der Waals surface area contributed by atoms with Gasteiger partial charge in [0, 0.05) is 18.7 Å². The fraction of sp³-hybridized carbons (Fsp3) is 0.125. The lowest BCUT2D eigenvalue weighted by molar-refractivity contribution is 0.307. The minimum Gasteiger partial charge on any atom is -0.475 e. The molecule has 0 fully saturated rings. The Balaban J connectivity index is 1.53. The van der Waals surface area contributed by atoms with Crippen LogP contribution in [0.2, 0.25) is 0 Å². The highest BCUT2D eigenvalue weighted by Crippen LogP contribution is 2.18. The Bertz CT molecular complexity index is 977. The van der Waals surface area contributed by atoms with Gasteiger partial charge in [0.15, 0.2) is 5.76 Å². The van der Waals surface area contributed by atoms with E-state index in [-0.39, 0.29) is 19.0 Å². The van der Waals surface area contributed by atoms with E-state index in [9.17, 15) is 17.2 Å². The second-order valence-corrected chi connectivity index (χ2v) is 6.79. The molecule has 0 spiro atoms. The number of nitrogens with zero attached hydrogens (tertiary/aromatic N) is 2. The molecule has 26 heavy (non-hydrogen) atoms. The second kappa shape index (κ2) is 7.58. The molecule has 3 rings (SSSR count). The third-order valence-corrected chi connectivity index (χ3v) is 4.74. The van der Waals surface area contributed by atoms with E-state index in [2.05, 4.69) is 14.9 Å². The summed E-state index contributed by atoms with van der Waals surface area (Å²) in [7, 11) is -4.12. The molecule has 136 valence electrons. The molecule has 0 saturated heterocycles. The van der Waals surface area contributed by atoms with Gasteiger partial charge >= 0.3 is 0 Å². The van der Waals surface area contributed by atoms with Crippen molar-refractivity contribution in [3.63, 3.8) is 0 Å². The fourth-order valence-corrected chi connectivity index (χ4v) is 3.13. The molecular weight excluding hydrogens is 368 g/mol. The first-order valence-corrected chi connectivity index (χ1v) is 8.89. The third-order valence-electron chi connectivity index (χ3n) is 3.24. The zero-order chi connectivity index (χ0) is 18.6. The highest BCUT2D eigenvalue weighted by molar-refractivity contribution is 7.89. The first kappa shape index (κ1) is 18.0. The van der Waals surface area contributed by atoms with E-state index in [0.717, 1.165) is 12.1 Å². The Hall–Kier alpha value is -2.85. The minimum absolute atomic E-state index is 0.0587. The first-order chi connectivity index (χ1) is 12.5. The van der Waals surface area contributed by atoms with Crippen molar-refractivity contribution >= 4 is 10.0 Å². The maximum Gasteiger partial charge on any atom is 0.243 e. The highest BCUT2D eigenvalue weighted by atomic mass is 32.2. The third kappa shape index (κ3) is 4.21. The molecule has 2 aromatic heterocycles. The van der Waals surface area contributed by atoms with Crippen LogP contribution in [0.4, 0.5) is 8.78 Å². The van der Waals surface area contributed by atoms with Gasteiger partial charge in [-0.15, -0.1) is 10.2 Å². The van der Waals surface area contributed by atoms with Gasteiger partial charge in [0.1, 0.15) is 28.8 Å². The lowest BCUT2D eigenvalue weighted by atomic mass is 10.3. The van der Waals surface area contributed by atoms with E-state index in [1.165, 1.54) is 6.26 Å². The van der Waals surface area contributed by atoms with Crippen molar-refractivity contribution in [1.82, 2.24) is 14.9 Å². The quantitative estimate of drug-likeness (QED) is 0.632. The predicted molar refractivity (Wildman–Crippen MR) is 86.8 cm³/mol. The van der Waals surface area contributed by atoms with Gasteiger partial charge < -0.3 is 9.15 Å². The molecule has 0 radical (unpaired) electrons. The van der Waals surface area contributed by atoms with Crippen LogP contribution in [0.15, 0.2) is 58.0 Å². The van der Waals surface area contributed by atoms with Crippen molar-refractivity contribution in [2.75, 3.05) is 13.2 Å². The lowest BCUT2D eigenvalue weighted by Crippen LogP contribution is -2.29. The first-order valence-electron chi connectivity index (χ1n) is 7.41. The molecule has 2 heterocycles. The van der Waals surface area contributed by atoms with E-state index in [4.69, 9.17) is 9.15 Å². The zero-order valence-corrected chi connectivity index (χ0v) is 14.0. The number of nitrogens with one attached hydrogen (secondary N) is 1. The number of rotatable bonds is 7. The molecular formula is C16H13F2N3O4S. The van der Waals surface area contributed by atoms with Gasteiger partial charge in [-0.2, -0.15) is 0 Å². The summed E-state index contributed by atoms with van der Waals surface area (Å²) in [5, 5.41) is 7.76.